The number of carbonyl (C=O) groups is 2. The largest absolute Gasteiger partial charge is 0.476 e. The van der Waals surface area contributed by atoms with Gasteiger partial charge >= 0.3 is 12.0 Å². The Morgan fingerprint density at radius 3 is 2.77 bits per heavy atom. The molecule has 0 aliphatic carbocycles. The smallest absolute Gasteiger partial charge is 0.356 e. The van der Waals surface area contributed by atoms with Gasteiger partial charge < -0.3 is 16.2 Å². The highest BCUT2D eigenvalue weighted by Gasteiger charge is 2.11. The fourth-order valence-electron chi connectivity index (χ4n) is 0.809. The van der Waals surface area contributed by atoms with Crippen LogP contribution in [0.1, 0.15) is 10.5 Å². The molecule has 0 bridgehead atoms. The Labute approximate surface area is 73.4 Å². The van der Waals surface area contributed by atoms with E-state index in [1.165, 1.54) is 18.3 Å². The van der Waals surface area contributed by atoms with Gasteiger partial charge in [0.15, 0.2) is 5.69 Å². The minimum Gasteiger partial charge on any atom is -0.476 e. The van der Waals surface area contributed by atoms with Crippen molar-refractivity contribution < 1.29 is 14.7 Å². The van der Waals surface area contributed by atoms with Crippen LogP contribution in [0.3, 0.4) is 0 Å². The molecule has 68 valence electrons. The number of carboxylic acid groups (broad SMARTS) is 1. The van der Waals surface area contributed by atoms with Crippen molar-refractivity contribution in [2.75, 3.05) is 5.32 Å². The molecule has 0 radical (unpaired) electrons. The first-order chi connectivity index (χ1) is 6.11. The van der Waals surface area contributed by atoms with E-state index in [0.29, 0.717) is 0 Å². The van der Waals surface area contributed by atoms with Crippen LogP contribution in [-0.2, 0) is 0 Å². The molecule has 13 heavy (non-hydrogen) atoms. The van der Waals surface area contributed by atoms with Crippen LogP contribution in [0.4, 0.5) is 10.5 Å². The number of nitrogens with one attached hydrogen (secondary N) is 1. The summed E-state index contributed by atoms with van der Waals surface area (Å²) in [7, 11) is 0. The molecule has 0 aliphatic heterocycles. The van der Waals surface area contributed by atoms with Crippen molar-refractivity contribution in [1.29, 1.82) is 0 Å². The average Bonchev–Trinajstić information content (AvgIpc) is 2.03. The summed E-state index contributed by atoms with van der Waals surface area (Å²) in [6.07, 6.45) is 1.32. The molecule has 0 fully saturated rings. The van der Waals surface area contributed by atoms with Gasteiger partial charge in [-0.15, -0.1) is 0 Å². The second kappa shape index (κ2) is 3.53. The van der Waals surface area contributed by atoms with Crippen LogP contribution in [0.15, 0.2) is 18.3 Å². The fourth-order valence-corrected chi connectivity index (χ4v) is 0.809. The number of hydrogen-bond donors (Lipinski definition) is 3. The molecule has 4 N–H and O–H groups in total. The van der Waals surface area contributed by atoms with Gasteiger partial charge in [-0.05, 0) is 12.1 Å². The molecule has 1 aromatic rings. The van der Waals surface area contributed by atoms with E-state index < -0.39 is 12.0 Å². The third kappa shape index (κ3) is 2.16. The number of pyridine rings is 1. The Balaban J connectivity index is 3.04. The molecule has 2 amide bonds. The number of carbonyl (C=O) groups excluding carboxylic acids is 1. The van der Waals surface area contributed by atoms with Crippen LogP contribution in [0, 0.1) is 0 Å². The van der Waals surface area contributed by atoms with Gasteiger partial charge in [0.25, 0.3) is 0 Å². The number of urea groups is 1. The fraction of sp³-hybridized carbons (Fsp3) is 0. The Morgan fingerprint density at radius 2 is 2.23 bits per heavy atom. The number of anilines is 1. The third-order valence-corrected chi connectivity index (χ3v) is 1.27. The van der Waals surface area contributed by atoms with E-state index in [0.717, 1.165) is 0 Å². The van der Waals surface area contributed by atoms with Crippen molar-refractivity contribution >= 4 is 17.7 Å². The number of hydrogen-bond acceptors (Lipinski definition) is 3. The number of aromatic nitrogens is 1. The second-order valence-electron chi connectivity index (χ2n) is 2.19. The van der Waals surface area contributed by atoms with Gasteiger partial charge in [0.2, 0.25) is 0 Å². The zero-order valence-corrected chi connectivity index (χ0v) is 6.52. The van der Waals surface area contributed by atoms with Gasteiger partial charge in [-0.1, -0.05) is 0 Å². The van der Waals surface area contributed by atoms with Crippen LogP contribution in [0.5, 0.6) is 0 Å². The summed E-state index contributed by atoms with van der Waals surface area (Å²) in [6, 6.07) is 2.08. The zero-order chi connectivity index (χ0) is 9.84. The lowest BCUT2D eigenvalue weighted by Crippen LogP contribution is -2.21. The molecule has 1 rings (SSSR count). The standard InChI is InChI=1S/C7H7N3O3/c8-7(13)10-4-2-1-3-9-5(4)6(11)12/h1-3H,(H,11,12)(H3,8,10,13). The van der Waals surface area contributed by atoms with Crippen LogP contribution in [0.2, 0.25) is 0 Å². The topological polar surface area (TPSA) is 105 Å². The number of aromatic carboxylic acids is 1. The van der Waals surface area contributed by atoms with E-state index in [2.05, 4.69) is 10.3 Å². The second-order valence-corrected chi connectivity index (χ2v) is 2.19. The minimum atomic E-state index is -1.22. The highest BCUT2D eigenvalue weighted by molar-refractivity contribution is 5.97. The highest BCUT2D eigenvalue weighted by Crippen LogP contribution is 2.10. The number of amides is 2. The van der Waals surface area contributed by atoms with Crippen molar-refractivity contribution in [3.8, 4) is 0 Å². The molecular formula is C7H7N3O3. The lowest BCUT2D eigenvalue weighted by molar-refractivity contribution is 0.0692. The molecule has 0 atom stereocenters. The first-order valence-corrected chi connectivity index (χ1v) is 3.36. The summed E-state index contributed by atoms with van der Waals surface area (Å²) in [5.74, 6) is -1.22. The molecule has 0 aliphatic rings. The summed E-state index contributed by atoms with van der Waals surface area (Å²) in [5.41, 5.74) is 4.67. The van der Waals surface area contributed by atoms with E-state index in [4.69, 9.17) is 10.8 Å². The van der Waals surface area contributed by atoms with E-state index in [1.807, 2.05) is 0 Å². The molecule has 0 unspecified atom stereocenters. The van der Waals surface area contributed by atoms with Crippen LogP contribution in [-0.4, -0.2) is 22.1 Å². The van der Waals surface area contributed by atoms with Gasteiger partial charge in [-0.2, -0.15) is 0 Å². The van der Waals surface area contributed by atoms with E-state index in [-0.39, 0.29) is 11.4 Å². The Morgan fingerprint density at radius 1 is 1.54 bits per heavy atom. The van der Waals surface area contributed by atoms with Crippen molar-refractivity contribution in [2.24, 2.45) is 5.73 Å². The van der Waals surface area contributed by atoms with E-state index >= 15 is 0 Å². The van der Waals surface area contributed by atoms with Gasteiger partial charge in [0.1, 0.15) is 0 Å². The summed E-state index contributed by atoms with van der Waals surface area (Å²) < 4.78 is 0. The van der Waals surface area contributed by atoms with Crippen LogP contribution in [0.25, 0.3) is 0 Å². The summed E-state index contributed by atoms with van der Waals surface area (Å²) >= 11 is 0. The first-order valence-electron chi connectivity index (χ1n) is 3.36. The molecule has 0 saturated carbocycles. The van der Waals surface area contributed by atoms with Crippen molar-refractivity contribution in [1.82, 2.24) is 4.98 Å². The molecule has 1 aromatic heterocycles. The number of carboxylic acids is 1. The lowest BCUT2D eigenvalue weighted by atomic mass is 10.3. The first kappa shape index (κ1) is 8.98. The molecule has 1 heterocycles. The summed E-state index contributed by atoms with van der Waals surface area (Å²) in [5, 5.41) is 10.8. The third-order valence-electron chi connectivity index (χ3n) is 1.27. The van der Waals surface area contributed by atoms with E-state index in [9.17, 15) is 9.59 Å². The predicted octanol–water partition coefficient (Wildman–Crippen LogP) is 0.270. The summed E-state index contributed by atoms with van der Waals surface area (Å²) in [4.78, 5) is 24.5. The average molecular weight is 181 g/mol. The van der Waals surface area contributed by atoms with Gasteiger partial charge in [-0.25, -0.2) is 14.6 Å². The molecule has 0 spiro atoms. The quantitative estimate of drug-likeness (QED) is 0.608. The highest BCUT2D eigenvalue weighted by atomic mass is 16.4. The van der Waals surface area contributed by atoms with Crippen LogP contribution >= 0.6 is 0 Å². The monoisotopic (exact) mass is 181 g/mol. The van der Waals surface area contributed by atoms with E-state index in [1.54, 1.807) is 0 Å². The lowest BCUT2D eigenvalue weighted by Gasteiger charge is -2.03. The predicted molar refractivity (Wildman–Crippen MR) is 44.4 cm³/mol. The normalized spacial score (nSPS) is 9.23. The van der Waals surface area contributed by atoms with Crippen molar-refractivity contribution in [2.45, 2.75) is 0 Å². The maximum absolute atomic E-state index is 10.5. The summed E-state index contributed by atoms with van der Waals surface area (Å²) in [6.45, 7) is 0. The molecule has 0 aromatic carbocycles. The van der Waals surface area contributed by atoms with Gasteiger partial charge in [0, 0.05) is 6.20 Å². The number of nitrogens with zero attached hydrogens (tertiary/aromatic N) is 1. The number of nitrogens with two attached hydrogens (primary N) is 1. The number of rotatable bonds is 2. The van der Waals surface area contributed by atoms with Crippen molar-refractivity contribution in [3.63, 3.8) is 0 Å². The molecule has 6 heteroatoms. The molecule has 0 saturated heterocycles. The van der Waals surface area contributed by atoms with Crippen molar-refractivity contribution in [3.05, 3.63) is 24.0 Å². The maximum atomic E-state index is 10.5. The molecule has 6 nitrogen and oxygen atoms in total. The Kier molecular flexibility index (Phi) is 2.44. The number of primary amides is 1. The van der Waals surface area contributed by atoms with Crippen LogP contribution < -0.4 is 11.1 Å². The Bertz CT molecular complexity index is 351. The SMILES string of the molecule is NC(=O)Nc1cccnc1C(=O)O. The maximum Gasteiger partial charge on any atom is 0.356 e. The Hall–Kier alpha value is -2.11. The van der Waals surface area contributed by atoms with Gasteiger partial charge in [0.05, 0.1) is 5.69 Å². The van der Waals surface area contributed by atoms with Gasteiger partial charge in [-0.3, -0.25) is 0 Å². The minimum absolute atomic E-state index is 0.0856. The molecular weight excluding hydrogens is 174 g/mol. The zero-order valence-electron chi connectivity index (χ0n) is 6.52.